The fourth-order valence-electron chi connectivity index (χ4n) is 1.77. The van der Waals surface area contributed by atoms with Crippen LogP contribution in [0.3, 0.4) is 0 Å². The second-order valence-electron chi connectivity index (χ2n) is 5.38. The van der Waals surface area contributed by atoms with E-state index in [1.165, 1.54) is 5.56 Å². The minimum absolute atomic E-state index is 0.0848. The molecule has 0 saturated carbocycles. The monoisotopic (exact) mass is 246 g/mol. The number of nitrogens with zero attached hydrogens (tertiary/aromatic N) is 1. The van der Waals surface area contributed by atoms with Crippen LogP contribution in [0.4, 0.5) is 0 Å². The Hall–Kier alpha value is -1.35. The first kappa shape index (κ1) is 12.1. The van der Waals surface area contributed by atoms with E-state index in [1.54, 1.807) is 0 Å². The molecule has 0 unspecified atom stereocenters. The van der Waals surface area contributed by atoms with Crippen LogP contribution in [0.25, 0.3) is 5.69 Å². The predicted molar refractivity (Wildman–Crippen MR) is 74.4 cm³/mol. The summed E-state index contributed by atoms with van der Waals surface area (Å²) in [7, 11) is 0. The lowest BCUT2D eigenvalue weighted by atomic mass is 9.93. The van der Waals surface area contributed by atoms with Crippen molar-refractivity contribution < 1.29 is 0 Å². The van der Waals surface area contributed by atoms with Crippen LogP contribution in [0.15, 0.2) is 30.3 Å². The average Bonchev–Trinajstić information content (AvgIpc) is 2.61. The normalized spacial score (nSPS) is 11.8. The Morgan fingerprint density at radius 1 is 1.18 bits per heavy atom. The fourth-order valence-corrected chi connectivity index (χ4v) is 2.04. The summed E-state index contributed by atoms with van der Waals surface area (Å²) >= 11 is 5.42. The first-order valence-electron chi connectivity index (χ1n) is 5.78. The molecular weight excluding hydrogens is 228 g/mol. The topological polar surface area (TPSA) is 20.7 Å². The van der Waals surface area contributed by atoms with Gasteiger partial charge in [-0.15, -0.1) is 0 Å². The molecule has 0 spiro atoms. The van der Waals surface area contributed by atoms with Crippen LogP contribution < -0.4 is 0 Å². The highest BCUT2D eigenvalue weighted by atomic mass is 32.1. The average molecular weight is 246 g/mol. The number of benzene rings is 1. The van der Waals surface area contributed by atoms with Gasteiger partial charge in [-0.1, -0.05) is 51.2 Å². The Morgan fingerprint density at radius 3 is 2.35 bits per heavy atom. The van der Waals surface area contributed by atoms with E-state index in [1.807, 2.05) is 22.9 Å². The highest BCUT2D eigenvalue weighted by molar-refractivity contribution is 7.71. The van der Waals surface area contributed by atoms with Gasteiger partial charge in [0.2, 0.25) is 0 Å². The summed E-state index contributed by atoms with van der Waals surface area (Å²) in [6.07, 6.45) is 0. The number of aromatic nitrogens is 2. The SMILES string of the molecule is Cc1ccccc1-n1[nH]c(C(C)(C)C)cc1=S. The Kier molecular flexibility index (Phi) is 2.96. The highest BCUT2D eigenvalue weighted by Crippen LogP contribution is 2.22. The minimum atomic E-state index is 0.0848. The van der Waals surface area contributed by atoms with Crippen molar-refractivity contribution >= 4 is 12.2 Å². The van der Waals surface area contributed by atoms with E-state index < -0.39 is 0 Å². The molecule has 3 heteroatoms. The third-order valence-corrected chi connectivity index (χ3v) is 3.19. The van der Waals surface area contributed by atoms with E-state index in [0.29, 0.717) is 0 Å². The third kappa shape index (κ3) is 2.34. The number of hydrogen-bond acceptors (Lipinski definition) is 1. The quantitative estimate of drug-likeness (QED) is 0.750. The number of aryl methyl sites for hydroxylation is 1. The van der Waals surface area contributed by atoms with E-state index >= 15 is 0 Å². The van der Waals surface area contributed by atoms with Gasteiger partial charge in [-0.25, -0.2) is 4.68 Å². The largest absolute Gasteiger partial charge is 0.296 e. The van der Waals surface area contributed by atoms with Gasteiger partial charge in [0, 0.05) is 11.1 Å². The molecule has 0 bridgehead atoms. The van der Waals surface area contributed by atoms with Crippen molar-refractivity contribution in [1.29, 1.82) is 0 Å². The molecule has 0 radical (unpaired) electrons. The molecule has 1 aromatic heterocycles. The van der Waals surface area contributed by atoms with Crippen molar-refractivity contribution in [3.8, 4) is 5.69 Å². The number of hydrogen-bond donors (Lipinski definition) is 1. The van der Waals surface area contributed by atoms with Crippen molar-refractivity contribution in [2.45, 2.75) is 33.1 Å². The Morgan fingerprint density at radius 2 is 1.82 bits per heavy atom. The van der Waals surface area contributed by atoms with Gasteiger partial charge < -0.3 is 0 Å². The zero-order valence-corrected chi connectivity index (χ0v) is 11.6. The van der Waals surface area contributed by atoms with Gasteiger partial charge in [-0.3, -0.25) is 5.10 Å². The number of para-hydroxylation sites is 1. The van der Waals surface area contributed by atoms with E-state index in [4.69, 9.17) is 12.2 Å². The molecule has 0 atom stereocenters. The van der Waals surface area contributed by atoms with Gasteiger partial charge in [-0.2, -0.15) is 0 Å². The summed E-state index contributed by atoms with van der Waals surface area (Å²) in [5.74, 6) is 0. The lowest BCUT2D eigenvalue weighted by Crippen LogP contribution is -2.12. The first-order chi connectivity index (χ1) is 7.89. The Balaban J connectivity index is 2.59. The molecule has 1 N–H and O–H groups in total. The van der Waals surface area contributed by atoms with Crippen LogP contribution in [-0.2, 0) is 5.41 Å². The molecular formula is C14H18N2S. The van der Waals surface area contributed by atoms with E-state index in [0.717, 1.165) is 16.0 Å². The second kappa shape index (κ2) is 4.15. The van der Waals surface area contributed by atoms with Crippen molar-refractivity contribution in [2.24, 2.45) is 0 Å². The number of H-pyrrole nitrogens is 1. The van der Waals surface area contributed by atoms with E-state index in [2.05, 4.69) is 44.9 Å². The number of nitrogens with one attached hydrogen (secondary N) is 1. The first-order valence-corrected chi connectivity index (χ1v) is 6.19. The molecule has 0 aliphatic rings. The zero-order chi connectivity index (χ0) is 12.6. The molecule has 2 aromatic rings. The molecule has 0 aliphatic heterocycles. The van der Waals surface area contributed by atoms with Crippen molar-refractivity contribution in [3.63, 3.8) is 0 Å². The maximum absolute atomic E-state index is 5.42. The van der Waals surface area contributed by atoms with E-state index in [-0.39, 0.29) is 5.41 Å². The lowest BCUT2D eigenvalue weighted by Gasteiger charge is -2.16. The summed E-state index contributed by atoms with van der Waals surface area (Å²) in [4.78, 5) is 0. The van der Waals surface area contributed by atoms with Crippen LogP contribution in [-0.4, -0.2) is 9.78 Å². The molecule has 0 amide bonds. The van der Waals surface area contributed by atoms with Gasteiger partial charge in [-0.05, 0) is 24.6 Å². The van der Waals surface area contributed by atoms with Crippen LogP contribution in [0, 0.1) is 11.6 Å². The summed E-state index contributed by atoms with van der Waals surface area (Å²) in [6, 6.07) is 10.3. The molecule has 17 heavy (non-hydrogen) atoms. The highest BCUT2D eigenvalue weighted by Gasteiger charge is 2.17. The summed E-state index contributed by atoms with van der Waals surface area (Å²) in [6.45, 7) is 8.62. The Bertz CT molecular complexity index is 585. The molecule has 2 nitrogen and oxygen atoms in total. The molecule has 2 rings (SSSR count). The number of aromatic amines is 1. The van der Waals surface area contributed by atoms with Gasteiger partial charge in [0.1, 0.15) is 4.64 Å². The summed E-state index contributed by atoms with van der Waals surface area (Å²) < 4.78 is 2.80. The van der Waals surface area contributed by atoms with Gasteiger partial charge >= 0.3 is 0 Å². The standard InChI is InChI=1S/C14H18N2S/c1-10-7-5-6-8-11(10)16-13(17)9-12(15-16)14(2,3)4/h5-9,15H,1-4H3. The van der Waals surface area contributed by atoms with Crippen molar-refractivity contribution in [2.75, 3.05) is 0 Å². The summed E-state index contributed by atoms with van der Waals surface area (Å²) in [5.41, 5.74) is 3.58. The molecule has 0 saturated heterocycles. The molecule has 0 fully saturated rings. The van der Waals surface area contributed by atoms with Crippen LogP contribution in [0.1, 0.15) is 32.0 Å². The van der Waals surface area contributed by atoms with Gasteiger partial charge in [0.05, 0.1) is 5.69 Å². The molecule has 1 aromatic carbocycles. The van der Waals surface area contributed by atoms with Crippen LogP contribution in [0.2, 0.25) is 0 Å². The molecule has 1 heterocycles. The molecule has 0 aliphatic carbocycles. The van der Waals surface area contributed by atoms with Crippen molar-refractivity contribution in [1.82, 2.24) is 9.78 Å². The van der Waals surface area contributed by atoms with Crippen molar-refractivity contribution in [3.05, 3.63) is 46.2 Å². The van der Waals surface area contributed by atoms with Crippen LogP contribution in [0.5, 0.6) is 0 Å². The fraction of sp³-hybridized carbons (Fsp3) is 0.357. The third-order valence-electron chi connectivity index (χ3n) is 2.88. The second-order valence-corrected chi connectivity index (χ2v) is 5.80. The maximum atomic E-state index is 5.42. The maximum Gasteiger partial charge on any atom is 0.127 e. The lowest BCUT2D eigenvalue weighted by molar-refractivity contribution is 0.560. The van der Waals surface area contributed by atoms with Crippen LogP contribution >= 0.6 is 12.2 Å². The predicted octanol–water partition coefficient (Wildman–Crippen LogP) is 4.14. The van der Waals surface area contributed by atoms with Gasteiger partial charge in [0.15, 0.2) is 0 Å². The Labute approximate surface area is 107 Å². The summed E-state index contributed by atoms with van der Waals surface area (Å²) in [5, 5.41) is 3.39. The van der Waals surface area contributed by atoms with E-state index in [9.17, 15) is 0 Å². The molecule has 90 valence electrons. The van der Waals surface area contributed by atoms with Gasteiger partial charge in [0.25, 0.3) is 0 Å². The number of rotatable bonds is 1. The zero-order valence-electron chi connectivity index (χ0n) is 10.7. The minimum Gasteiger partial charge on any atom is -0.296 e. The smallest absolute Gasteiger partial charge is 0.127 e.